The van der Waals surface area contributed by atoms with Crippen molar-refractivity contribution in [3.8, 4) is 0 Å². The van der Waals surface area contributed by atoms with E-state index in [-0.39, 0.29) is 12.3 Å². The number of nitrogens with one attached hydrogen (secondary N) is 2. The van der Waals surface area contributed by atoms with Crippen molar-refractivity contribution in [2.24, 2.45) is 4.99 Å². The Hall–Kier alpha value is -0.470. The molecule has 0 heterocycles. The van der Waals surface area contributed by atoms with Crippen molar-refractivity contribution in [2.75, 3.05) is 38.2 Å². The Balaban J connectivity index is 2.59. The fourth-order valence-corrected chi connectivity index (χ4v) is 5.22. The number of aliphatic imine (C=N–C) groups is 1. The molecule has 6 nitrogen and oxygen atoms in total. The van der Waals surface area contributed by atoms with E-state index in [4.69, 9.17) is 0 Å². The van der Waals surface area contributed by atoms with Crippen LogP contribution in [0.1, 0.15) is 46.5 Å². The molecule has 0 spiro atoms. The number of thioether (sulfide) groups is 1. The second-order valence-electron chi connectivity index (χ2n) is 6.03. The van der Waals surface area contributed by atoms with Crippen LogP contribution < -0.4 is 10.6 Å². The molecule has 1 aliphatic rings. The summed E-state index contributed by atoms with van der Waals surface area (Å²) in [7, 11) is -3.21. The SMILES string of the molecule is CCNC(=NCCS(=O)(=O)N(CC)CC)NC1CCCC(SC)C1. The summed E-state index contributed by atoms with van der Waals surface area (Å²) in [5.74, 6) is 0.794. The van der Waals surface area contributed by atoms with Gasteiger partial charge in [-0.2, -0.15) is 11.8 Å². The molecular weight excluding hydrogens is 344 g/mol. The van der Waals surface area contributed by atoms with Gasteiger partial charge in [0.25, 0.3) is 0 Å². The zero-order valence-electron chi connectivity index (χ0n) is 15.5. The van der Waals surface area contributed by atoms with E-state index >= 15 is 0 Å². The van der Waals surface area contributed by atoms with Gasteiger partial charge in [0.05, 0.1) is 12.3 Å². The first-order valence-corrected chi connectivity index (χ1v) is 11.9. The minimum atomic E-state index is -3.21. The predicted octanol–water partition coefficient (Wildman–Crippen LogP) is 1.89. The van der Waals surface area contributed by atoms with Gasteiger partial charge in [-0.05, 0) is 32.4 Å². The Morgan fingerprint density at radius 2 is 1.96 bits per heavy atom. The van der Waals surface area contributed by atoms with Crippen molar-refractivity contribution in [2.45, 2.75) is 57.7 Å². The van der Waals surface area contributed by atoms with Gasteiger partial charge >= 0.3 is 0 Å². The van der Waals surface area contributed by atoms with Gasteiger partial charge < -0.3 is 10.6 Å². The van der Waals surface area contributed by atoms with Crippen LogP contribution in [-0.2, 0) is 10.0 Å². The van der Waals surface area contributed by atoms with Crippen LogP contribution in [0.2, 0.25) is 0 Å². The summed E-state index contributed by atoms with van der Waals surface area (Å²) in [6.45, 7) is 7.83. The third-order valence-electron chi connectivity index (χ3n) is 4.36. The zero-order chi connectivity index (χ0) is 18.0. The van der Waals surface area contributed by atoms with E-state index in [1.807, 2.05) is 32.5 Å². The molecule has 2 N–H and O–H groups in total. The first kappa shape index (κ1) is 21.6. The fourth-order valence-electron chi connectivity index (χ4n) is 3.02. The fraction of sp³-hybridized carbons (Fsp3) is 0.938. The van der Waals surface area contributed by atoms with Crippen LogP contribution in [-0.4, -0.2) is 68.2 Å². The third kappa shape index (κ3) is 7.19. The number of guanidine groups is 1. The van der Waals surface area contributed by atoms with Gasteiger partial charge in [0.2, 0.25) is 10.0 Å². The molecule has 0 amide bonds. The quantitative estimate of drug-likeness (QED) is 0.473. The summed E-state index contributed by atoms with van der Waals surface area (Å²) in [4.78, 5) is 4.48. The van der Waals surface area contributed by atoms with Gasteiger partial charge in [0, 0.05) is 30.9 Å². The Morgan fingerprint density at radius 1 is 1.25 bits per heavy atom. The lowest BCUT2D eigenvalue weighted by atomic mass is 9.95. The van der Waals surface area contributed by atoms with E-state index in [0.29, 0.717) is 24.4 Å². The Morgan fingerprint density at radius 3 is 2.54 bits per heavy atom. The van der Waals surface area contributed by atoms with Gasteiger partial charge in [-0.25, -0.2) is 12.7 Å². The van der Waals surface area contributed by atoms with Crippen LogP contribution in [0.25, 0.3) is 0 Å². The highest BCUT2D eigenvalue weighted by atomic mass is 32.2. The van der Waals surface area contributed by atoms with Crippen LogP contribution in [0, 0.1) is 0 Å². The molecule has 1 rings (SSSR count). The van der Waals surface area contributed by atoms with Crippen LogP contribution in [0.3, 0.4) is 0 Å². The summed E-state index contributed by atoms with van der Waals surface area (Å²) >= 11 is 1.93. The van der Waals surface area contributed by atoms with Crippen LogP contribution >= 0.6 is 11.8 Å². The van der Waals surface area contributed by atoms with Gasteiger partial charge in [-0.1, -0.05) is 20.3 Å². The second kappa shape index (κ2) is 11.2. The van der Waals surface area contributed by atoms with Crippen LogP contribution in [0.4, 0.5) is 0 Å². The minimum Gasteiger partial charge on any atom is -0.357 e. The van der Waals surface area contributed by atoms with Crippen LogP contribution in [0.15, 0.2) is 4.99 Å². The molecule has 8 heteroatoms. The highest BCUT2D eigenvalue weighted by Crippen LogP contribution is 2.26. The molecule has 24 heavy (non-hydrogen) atoms. The standard InChI is InChI=1S/C16H34N4O2S2/c1-5-17-16(19-14-9-8-10-15(13-14)23-4)18-11-12-24(21,22)20(6-2)7-3/h14-15H,5-13H2,1-4H3,(H2,17,18,19). The van der Waals surface area contributed by atoms with Crippen molar-refractivity contribution >= 4 is 27.7 Å². The molecule has 0 aromatic carbocycles. The molecule has 0 aliphatic heterocycles. The Kier molecular flexibility index (Phi) is 10.1. The van der Waals surface area contributed by atoms with Gasteiger partial charge in [0.15, 0.2) is 5.96 Å². The maximum atomic E-state index is 12.2. The average molecular weight is 379 g/mol. The zero-order valence-corrected chi connectivity index (χ0v) is 17.2. The summed E-state index contributed by atoms with van der Waals surface area (Å²) in [6, 6.07) is 0.424. The molecule has 2 unspecified atom stereocenters. The minimum absolute atomic E-state index is 0.0589. The molecule has 2 atom stereocenters. The van der Waals surface area contributed by atoms with Gasteiger partial charge in [0.1, 0.15) is 0 Å². The largest absolute Gasteiger partial charge is 0.357 e. The van der Waals surface area contributed by atoms with Crippen LogP contribution in [0.5, 0.6) is 0 Å². The first-order chi connectivity index (χ1) is 11.5. The molecule has 0 aromatic heterocycles. The third-order valence-corrected chi connectivity index (χ3v) is 7.46. The number of hydrogen-bond acceptors (Lipinski definition) is 4. The van der Waals surface area contributed by atoms with Crippen molar-refractivity contribution in [3.63, 3.8) is 0 Å². The first-order valence-electron chi connectivity index (χ1n) is 9.02. The van der Waals surface area contributed by atoms with E-state index < -0.39 is 10.0 Å². The van der Waals surface area contributed by atoms with E-state index in [9.17, 15) is 8.42 Å². The number of rotatable bonds is 9. The molecular formula is C16H34N4O2S2. The van der Waals surface area contributed by atoms with E-state index in [1.165, 1.54) is 17.1 Å². The van der Waals surface area contributed by atoms with E-state index in [0.717, 1.165) is 25.3 Å². The molecule has 142 valence electrons. The molecule has 1 saturated carbocycles. The van der Waals surface area contributed by atoms with Crippen molar-refractivity contribution in [1.82, 2.24) is 14.9 Å². The number of hydrogen-bond donors (Lipinski definition) is 2. The van der Waals surface area contributed by atoms with E-state index in [2.05, 4.69) is 21.9 Å². The summed E-state index contributed by atoms with van der Waals surface area (Å²) < 4.78 is 25.9. The molecule has 1 fully saturated rings. The molecule has 0 bridgehead atoms. The highest BCUT2D eigenvalue weighted by Gasteiger charge is 2.22. The topological polar surface area (TPSA) is 73.8 Å². The number of nitrogens with zero attached hydrogens (tertiary/aromatic N) is 2. The molecule has 1 aliphatic carbocycles. The Bertz CT molecular complexity index is 478. The van der Waals surface area contributed by atoms with Crippen molar-refractivity contribution < 1.29 is 8.42 Å². The van der Waals surface area contributed by atoms with Crippen molar-refractivity contribution in [3.05, 3.63) is 0 Å². The van der Waals surface area contributed by atoms with Gasteiger partial charge in [-0.3, -0.25) is 4.99 Å². The molecule has 0 saturated heterocycles. The Labute approximate surface area is 152 Å². The second-order valence-corrected chi connectivity index (χ2v) is 9.25. The summed E-state index contributed by atoms with van der Waals surface area (Å²) in [5, 5.41) is 7.42. The summed E-state index contributed by atoms with van der Waals surface area (Å²) in [5.41, 5.74) is 0. The smallest absolute Gasteiger partial charge is 0.215 e. The van der Waals surface area contributed by atoms with Gasteiger partial charge in [-0.15, -0.1) is 0 Å². The molecule has 0 aromatic rings. The normalized spacial score (nSPS) is 22.6. The predicted molar refractivity (Wildman–Crippen MR) is 105 cm³/mol. The highest BCUT2D eigenvalue weighted by molar-refractivity contribution is 7.99. The van der Waals surface area contributed by atoms with Crippen molar-refractivity contribution in [1.29, 1.82) is 0 Å². The average Bonchev–Trinajstić information content (AvgIpc) is 2.56. The lowest BCUT2D eigenvalue weighted by molar-refractivity contribution is 0.419. The maximum Gasteiger partial charge on any atom is 0.215 e. The lowest BCUT2D eigenvalue weighted by Gasteiger charge is -2.29. The monoisotopic (exact) mass is 378 g/mol. The molecule has 0 radical (unpaired) electrons. The number of sulfonamides is 1. The maximum absolute atomic E-state index is 12.2. The summed E-state index contributed by atoms with van der Waals surface area (Å²) in [6.07, 6.45) is 6.99. The van der Waals surface area contributed by atoms with E-state index in [1.54, 1.807) is 0 Å². The lowest BCUT2D eigenvalue weighted by Crippen LogP contribution is -2.46.